The van der Waals surface area contributed by atoms with Gasteiger partial charge in [-0.3, -0.25) is 0 Å². The summed E-state index contributed by atoms with van der Waals surface area (Å²) in [6.07, 6.45) is 12.8. The SMILES string of the molecule is CC(C)S[B]C1CCCC([B]SC(C)C)CCCC(C(C)C)CCC1. The van der Waals surface area contributed by atoms with Gasteiger partial charge in [0, 0.05) is 0 Å². The summed E-state index contributed by atoms with van der Waals surface area (Å²) in [6, 6.07) is 0. The Kier molecular flexibility index (Phi) is 13.3. The first kappa shape index (κ1) is 23.9. The van der Waals surface area contributed by atoms with Crippen molar-refractivity contribution in [1.82, 2.24) is 0 Å². The summed E-state index contributed by atoms with van der Waals surface area (Å²) in [4.78, 5) is 0. The van der Waals surface area contributed by atoms with Crippen molar-refractivity contribution in [2.45, 2.75) is 121 Å². The molecule has 1 rings (SSSR count). The van der Waals surface area contributed by atoms with E-state index in [2.05, 4.69) is 77.9 Å². The standard InChI is InChI=1S/C21H42B2S2/c1-16(2)19-10-7-12-20(22-24-17(3)4)14-9-15-21(13-8-11-19)23-25-18(5)6/h16-21H,7-15H2,1-6H3. The van der Waals surface area contributed by atoms with E-state index in [1.54, 1.807) is 0 Å². The third-order valence-electron chi connectivity index (χ3n) is 5.48. The summed E-state index contributed by atoms with van der Waals surface area (Å²) in [7, 11) is 0. The summed E-state index contributed by atoms with van der Waals surface area (Å²) in [5, 5.41) is 1.46. The molecule has 0 N–H and O–H groups in total. The second kappa shape index (κ2) is 13.9. The van der Waals surface area contributed by atoms with Crippen molar-refractivity contribution in [3.8, 4) is 0 Å². The summed E-state index contributed by atoms with van der Waals surface area (Å²) in [6.45, 7) is 19.3. The van der Waals surface area contributed by atoms with Crippen LogP contribution in [-0.4, -0.2) is 23.6 Å². The first-order chi connectivity index (χ1) is 11.9. The Labute approximate surface area is 169 Å². The monoisotopic (exact) mass is 380 g/mol. The zero-order valence-electron chi connectivity index (χ0n) is 17.8. The molecule has 0 nitrogen and oxygen atoms in total. The molecule has 0 saturated heterocycles. The lowest BCUT2D eigenvalue weighted by molar-refractivity contribution is 0.310. The van der Waals surface area contributed by atoms with Crippen molar-refractivity contribution in [1.29, 1.82) is 0 Å². The van der Waals surface area contributed by atoms with Gasteiger partial charge in [-0.15, -0.1) is 0 Å². The Balaban J connectivity index is 2.59. The maximum absolute atomic E-state index is 2.59. The van der Waals surface area contributed by atoms with E-state index in [4.69, 9.17) is 0 Å². The lowest BCUT2D eigenvalue weighted by Gasteiger charge is -2.26. The molecule has 1 aliphatic carbocycles. The van der Waals surface area contributed by atoms with Crippen LogP contribution in [0.2, 0.25) is 11.6 Å². The highest BCUT2D eigenvalue weighted by molar-refractivity contribution is 8.23. The predicted molar refractivity (Wildman–Crippen MR) is 124 cm³/mol. The summed E-state index contributed by atoms with van der Waals surface area (Å²) in [5.74, 6) is 3.45. The maximum atomic E-state index is 2.59. The zero-order valence-corrected chi connectivity index (χ0v) is 19.4. The van der Waals surface area contributed by atoms with Crippen LogP contribution in [0.5, 0.6) is 0 Å². The summed E-state index contributed by atoms with van der Waals surface area (Å²) >= 11 is 4.12. The van der Waals surface area contributed by atoms with Gasteiger partial charge >= 0.3 is 0 Å². The lowest BCUT2D eigenvalue weighted by atomic mass is 9.72. The Hall–Kier alpha value is 0.830. The molecule has 1 fully saturated rings. The van der Waals surface area contributed by atoms with Gasteiger partial charge in [0.05, 0.1) is 0 Å². The van der Waals surface area contributed by atoms with E-state index in [1.807, 2.05) is 0 Å². The van der Waals surface area contributed by atoms with Crippen LogP contribution in [0.4, 0.5) is 0 Å². The molecule has 144 valence electrons. The highest BCUT2D eigenvalue weighted by Gasteiger charge is 2.20. The van der Waals surface area contributed by atoms with Crippen molar-refractivity contribution in [2.75, 3.05) is 0 Å². The van der Waals surface area contributed by atoms with Crippen LogP contribution in [0.1, 0.15) is 99.3 Å². The van der Waals surface area contributed by atoms with Crippen molar-refractivity contribution < 1.29 is 0 Å². The van der Waals surface area contributed by atoms with Crippen LogP contribution in [-0.2, 0) is 0 Å². The number of hydrogen-bond acceptors (Lipinski definition) is 2. The van der Waals surface area contributed by atoms with Gasteiger partial charge in [-0.2, -0.15) is 0 Å². The molecule has 0 spiro atoms. The van der Waals surface area contributed by atoms with Crippen LogP contribution in [0.25, 0.3) is 0 Å². The number of rotatable bonds is 7. The minimum Gasteiger partial charge on any atom is -0.215 e. The van der Waals surface area contributed by atoms with Crippen molar-refractivity contribution in [3.05, 3.63) is 0 Å². The Bertz CT molecular complexity index is 295. The van der Waals surface area contributed by atoms with Crippen LogP contribution in [0.15, 0.2) is 0 Å². The molecule has 2 atom stereocenters. The molecule has 0 bridgehead atoms. The van der Waals surface area contributed by atoms with E-state index in [1.165, 1.54) is 57.8 Å². The molecule has 0 aromatic heterocycles. The molecule has 0 aliphatic heterocycles. The normalized spacial score (nSPS) is 27.2. The van der Waals surface area contributed by atoms with Crippen LogP contribution < -0.4 is 0 Å². The van der Waals surface area contributed by atoms with E-state index < -0.39 is 0 Å². The molecule has 0 aromatic carbocycles. The molecule has 0 aromatic rings. The molecular formula is C21H42B2S2. The van der Waals surface area contributed by atoms with E-state index >= 15 is 0 Å². The molecule has 4 heteroatoms. The lowest BCUT2D eigenvalue weighted by Crippen LogP contribution is -2.13. The Morgan fingerprint density at radius 1 is 0.600 bits per heavy atom. The van der Waals surface area contributed by atoms with E-state index in [0.29, 0.717) is 0 Å². The van der Waals surface area contributed by atoms with Crippen LogP contribution in [0.3, 0.4) is 0 Å². The molecule has 0 amide bonds. The minimum absolute atomic E-state index is 0.730. The van der Waals surface area contributed by atoms with Gasteiger partial charge in [0.15, 0.2) is 13.1 Å². The first-order valence-corrected chi connectivity index (χ1v) is 12.7. The average Bonchev–Trinajstić information content (AvgIpc) is 2.52. The van der Waals surface area contributed by atoms with Crippen molar-refractivity contribution in [2.24, 2.45) is 11.8 Å². The van der Waals surface area contributed by atoms with Gasteiger partial charge in [-0.05, 0) is 22.3 Å². The van der Waals surface area contributed by atoms with Crippen molar-refractivity contribution in [3.63, 3.8) is 0 Å². The van der Waals surface area contributed by atoms with Crippen molar-refractivity contribution >= 4 is 36.3 Å². The first-order valence-electron chi connectivity index (χ1n) is 10.9. The number of hydrogen-bond donors (Lipinski definition) is 0. The van der Waals surface area contributed by atoms with Gasteiger partial charge in [-0.25, -0.2) is 23.2 Å². The van der Waals surface area contributed by atoms with E-state index in [9.17, 15) is 0 Å². The molecule has 1 saturated carbocycles. The summed E-state index contributed by atoms with van der Waals surface area (Å²) < 4.78 is 0. The minimum atomic E-state index is 0.730. The van der Waals surface area contributed by atoms with E-state index in [0.717, 1.165) is 34.0 Å². The molecule has 0 heterocycles. The molecule has 2 radical (unpaired) electrons. The average molecular weight is 380 g/mol. The van der Waals surface area contributed by atoms with Gasteiger partial charge < -0.3 is 0 Å². The molecular weight excluding hydrogens is 338 g/mol. The largest absolute Gasteiger partial charge is 0.215 e. The van der Waals surface area contributed by atoms with Gasteiger partial charge in [0.1, 0.15) is 0 Å². The fourth-order valence-electron chi connectivity index (χ4n) is 3.84. The fraction of sp³-hybridized carbons (Fsp3) is 1.00. The second-order valence-corrected chi connectivity index (χ2v) is 11.9. The second-order valence-electron chi connectivity index (χ2n) is 8.96. The zero-order chi connectivity index (χ0) is 18.7. The Morgan fingerprint density at radius 2 is 0.960 bits per heavy atom. The van der Waals surface area contributed by atoms with Gasteiger partial charge in [0.2, 0.25) is 0 Å². The fourth-order valence-corrected chi connectivity index (χ4v) is 5.45. The topological polar surface area (TPSA) is 0 Å². The molecule has 2 unspecified atom stereocenters. The highest BCUT2D eigenvalue weighted by atomic mass is 32.2. The highest BCUT2D eigenvalue weighted by Crippen LogP contribution is 2.35. The summed E-state index contributed by atoms with van der Waals surface area (Å²) in [5.41, 5.74) is 0. The van der Waals surface area contributed by atoms with Crippen LogP contribution >= 0.6 is 23.2 Å². The van der Waals surface area contributed by atoms with Crippen LogP contribution in [0, 0.1) is 11.8 Å². The third-order valence-corrected chi connectivity index (χ3v) is 7.65. The van der Waals surface area contributed by atoms with Gasteiger partial charge in [0.25, 0.3) is 0 Å². The van der Waals surface area contributed by atoms with Gasteiger partial charge in [-0.1, -0.05) is 111 Å². The Morgan fingerprint density at radius 3 is 1.28 bits per heavy atom. The smallest absolute Gasteiger partial charge is 0.195 e. The quantitative estimate of drug-likeness (QED) is 0.412. The predicted octanol–water partition coefficient (Wildman–Crippen LogP) is 7.88. The molecule has 25 heavy (non-hydrogen) atoms. The third kappa shape index (κ3) is 12.0. The molecule has 1 aliphatic rings. The maximum Gasteiger partial charge on any atom is 0.195 e. The van der Waals surface area contributed by atoms with E-state index in [-0.39, 0.29) is 0 Å².